The molecule has 1 fully saturated rings. The summed E-state index contributed by atoms with van der Waals surface area (Å²) >= 11 is 0. The SMILES string of the molecule is COC(=O)[C@@H]1O[C@H](Oc2cc3oc(-c4ccc(OC)cc4)cc(=O)c3c(O)c2OC)[C@H](O)[C@@H](O)[C@H]1O. The first-order valence-corrected chi connectivity index (χ1v) is 10.7. The predicted octanol–water partition coefficient (Wildman–Crippen LogP) is 0.542. The molecule has 0 spiro atoms. The van der Waals surface area contributed by atoms with Crippen LogP contribution < -0.4 is 19.6 Å². The first kappa shape index (κ1) is 25.3. The lowest BCUT2D eigenvalue weighted by atomic mass is 9.99. The van der Waals surface area contributed by atoms with Crippen molar-refractivity contribution in [3.63, 3.8) is 0 Å². The van der Waals surface area contributed by atoms with E-state index in [1.165, 1.54) is 26.4 Å². The van der Waals surface area contributed by atoms with E-state index < -0.39 is 47.9 Å². The Hall–Kier alpha value is -3.84. The quantitative estimate of drug-likeness (QED) is 0.344. The van der Waals surface area contributed by atoms with Crippen molar-refractivity contribution in [1.82, 2.24) is 0 Å². The lowest BCUT2D eigenvalue weighted by Crippen LogP contribution is -2.61. The van der Waals surface area contributed by atoms with Crippen molar-refractivity contribution in [3.8, 4) is 34.3 Å². The number of hydrogen-bond acceptors (Lipinski definition) is 12. The van der Waals surface area contributed by atoms with E-state index in [4.69, 9.17) is 23.4 Å². The van der Waals surface area contributed by atoms with E-state index in [1.807, 2.05) is 0 Å². The molecule has 192 valence electrons. The molecule has 0 saturated carbocycles. The fourth-order valence-electron chi connectivity index (χ4n) is 3.83. The predicted molar refractivity (Wildman–Crippen MR) is 122 cm³/mol. The van der Waals surface area contributed by atoms with E-state index in [1.54, 1.807) is 24.3 Å². The maximum Gasteiger partial charge on any atom is 0.337 e. The van der Waals surface area contributed by atoms with Gasteiger partial charge in [0.05, 0.1) is 21.3 Å². The number of benzene rings is 2. The number of rotatable bonds is 6. The second kappa shape index (κ2) is 10.0. The number of carbonyl (C=O) groups is 1. The first-order chi connectivity index (χ1) is 17.2. The van der Waals surface area contributed by atoms with E-state index in [0.29, 0.717) is 11.3 Å². The fourth-order valence-corrected chi connectivity index (χ4v) is 3.83. The summed E-state index contributed by atoms with van der Waals surface area (Å²) < 4.78 is 31.7. The number of aliphatic hydroxyl groups excluding tert-OH is 3. The van der Waals surface area contributed by atoms with Crippen LogP contribution >= 0.6 is 0 Å². The molecule has 0 radical (unpaired) electrons. The number of aliphatic hydroxyl groups is 3. The van der Waals surface area contributed by atoms with Crippen molar-refractivity contribution < 1.29 is 53.3 Å². The maximum absolute atomic E-state index is 12.9. The molecule has 36 heavy (non-hydrogen) atoms. The van der Waals surface area contributed by atoms with Crippen LogP contribution in [-0.2, 0) is 14.3 Å². The fraction of sp³-hybridized carbons (Fsp3) is 0.333. The van der Waals surface area contributed by atoms with Gasteiger partial charge in [-0.1, -0.05) is 0 Å². The average Bonchev–Trinajstić information content (AvgIpc) is 2.88. The Bertz CT molecular complexity index is 1320. The first-order valence-electron chi connectivity index (χ1n) is 10.7. The minimum atomic E-state index is -1.83. The van der Waals surface area contributed by atoms with Crippen LogP contribution in [0.4, 0.5) is 0 Å². The molecule has 2 heterocycles. The number of aromatic hydroxyl groups is 1. The Balaban J connectivity index is 1.77. The monoisotopic (exact) mass is 504 g/mol. The minimum absolute atomic E-state index is 0.0861. The summed E-state index contributed by atoms with van der Waals surface area (Å²) in [5.41, 5.74) is -0.101. The van der Waals surface area contributed by atoms with E-state index >= 15 is 0 Å². The van der Waals surface area contributed by atoms with Gasteiger partial charge in [0.15, 0.2) is 23.0 Å². The molecule has 2 aromatic carbocycles. The van der Waals surface area contributed by atoms with Crippen molar-refractivity contribution in [2.24, 2.45) is 0 Å². The van der Waals surface area contributed by atoms with Crippen LogP contribution in [0.3, 0.4) is 0 Å². The average molecular weight is 504 g/mol. The number of hydrogen-bond donors (Lipinski definition) is 4. The smallest absolute Gasteiger partial charge is 0.337 e. The van der Waals surface area contributed by atoms with E-state index in [2.05, 4.69) is 4.74 Å². The molecule has 0 aliphatic carbocycles. The van der Waals surface area contributed by atoms with Gasteiger partial charge in [-0.05, 0) is 24.3 Å². The van der Waals surface area contributed by atoms with E-state index in [0.717, 1.165) is 7.11 Å². The lowest BCUT2D eigenvalue weighted by Gasteiger charge is -2.38. The molecule has 0 amide bonds. The van der Waals surface area contributed by atoms with Crippen molar-refractivity contribution in [1.29, 1.82) is 0 Å². The molecule has 0 bridgehead atoms. The largest absolute Gasteiger partial charge is 0.504 e. The van der Waals surface area contributed by atoms with Crippen LogP contribution in [0.5, 0.6) is 23.0 Å². The zero-order valence-electron chi connectivity index (χ0n) is 19.4. The summed E-state index contributed by atoms with van der Waals surface area (Å²) in [7, 11) is 3.77. The zero-order valence-corrected chi connectivity index (χ0v) is 19.4. The van der Waals surface area contributed by atoms with Gasteiger partial charge in [-0.2, -0.15) is 0 Å². The maximum atomic E-state index is 12.9. The molecule has 5 atom stereocenters. The summed E-state index contributed by atoms with van der Waals surface area (Å²) in [6.45, 7) is 0. The number of phenols is 1. The van der Waals surface area contributed by atoms with Gasteiger partial charge < -0.3 is 48.5 Å². The van der Waals surface area contributed by atoms with Crippen molar-refractivity contribution in [3.05, 3.63) is 46.6 Å². The number of carbonyl (C=O) groups excluding carboxylic acids is 1. The van der Waals surface area contributed by atoms with Crippen LogP contribution in [0.25, 0.3) is 22.3 Å². The Morgan fingerprint density at radius 3 is 2.25 bits per heavy atom. The van der Waals surface area contributed by atoms with E-state index in [9.17, 15) is 30.0 Å². The molecule has 12 heteroatoms. The molecular weight excluding hydrogens is 480 g/mol. The Kier molecular flexibility index (Phi) is 7.04. The van der Waals surface area contributed by atoms with E-state index in [-0.39, 0.29) is 28.2 Å². The topological polar surface area (TPSA) is 174 Å². The third-order valence-electron chi connectivity index (χ3n) is 5.74. The number of ether oxygens (including phenoxy) is 5. The van der Waals surface area contributed by atoms with Gasteiger partial charge in [0, 0.05) is 17.7 Å². The number of fused-ring (bicyclic) bond motifs is 1. The molecule has 12 nitrogen and oxygen atoms in total. The molecule has 4 N–H and O–H groups in total. The van der Waals surface area contributed by atoms with Gasteiger partial charge in [-0.15, -0.1) is 0 Å². The van der Waals surface area contributed by atoms with Crippen LogP contribution in [0.2, 0.25) is 0 Å². The third-order valence-corrected chi connectivity index (χ3v) is 5.74. The van der Waals surface area contributed by atoms with Gasteiger partial charge in [0.25, 0.3) is 0 Å². The molecule has 0 unspecified atom stereocenters. The Morgan fingerprint density at radius 2 is 1.64 bits per heavy atom. The summed E-state index contributed by atoms with van der Waals surface area (Å²) in [5, 5.41) is 41.2. The molecule has 3 aromatic rings. The third kappa shape index (κ3) is 4.42. The van der Waals surface area contributed by atoms with Crippen LogP contribution in [0.15, 0.2) is 45.6 Å². The highest BCUT2D eigenvalue weighted by atomic mass is 16.7. The summed E-state index contributed by atoms with van der Waals surface area (Å²) in [4.78, 5) is 24.8. The minimum Gasteiger partial charge on any atom is -0.504 e. The lowest BCUT2D eigenvalue weighted by molar-refractivity contribution is -0.272. The van der Waals surface area contributed by atoms with Crippen LogP contribution in [-0.4, -0.2) is 78.4 Å². The number of esters is 1. The molecular formula is C24H24O12. The second-order valence-electron chi connectivity index (χ2n) is 7.87. The summed E-state index contributed by atoms with van der Waals surface area (Å²) in [5.74, 6) is -1.36. The molecule has 4 rings (SSSR count). The van der Waals surface area contributed by atoms with Crippen molar-refractivity contribution in [2.75, 3.05) is 21.3 Å². The van der Waals surface area contributed by atoms with Gasteiger partial charge in [0.2, 0.25) is 12.0 Å². The molecule has 1 aliphatic heterocycles. The summed E-state index contributed by atoms with van der Waals surface area (Å²) in [6, 6.07) is 9.14. The van der Waals surface area contributed by atoms with Gasteiger partial charge in [-0.3, -0.25) is 4.79 Å². The van der Waals surface area contributed by atoms with Gasteiger partial charge in [-0.25, -0.2) is 4.79 Å². The highest BCUT2D eigenvalue weighted by Crippen LogP contribution is 2.43. The number of phenolic OH excluding ortho intramolecular Hbond substituents is 1. The van der Waals surface area contributed by atoms with Crippen LogP contribution in [0, 0.1) is 0 Å². The molecule has 1 aliphatic rings. The van der Waals surface area contributed by atoms with Gasteiger partial charge >= 0.3 is 5.97 Å². The summed E-state index contributed by atoms with van der Waals surface area (Å²) in [6.07, 6.45) is -8.79. The number of methoxy groups -OCH3 is 3. The van der Waals surface area contributed by atoms with Crippen molar-refractivity contribution >= 4 is 16.9 Å². The Labute approximate surface area is 203 Å². The molecule has 1 saturated heterocycles. The highest BCUT2D eigenvalue weighted by Gasteiger charge is 2.48. The Morgan fingerprint density at radius 1 is 0.944 bits per heavy atom. The van der Waals surface area contributed by atoms with Crippen LogP contribution in [0.1, 0.15) is 0 Å². The normalized spacial score (nSPS) is 23.8. The van der Waals surface area contributed by atoms with Gasteiger partial charge in [0.1, 0.15) is 40.8 Å². The standard InChI is InChI=1S/C24H24O12/c1-31-11-6-4-10(5-7-11)13-8-12(25)16-14(34-13)9-15(21(32-2)17(16)26)35-24-20(29)18(27)19(28)22(36-24)23(30)33-3/h4-9,18-20,22,24,26-29H,1-3H3/t18-,19+,20+,22+,24-/m0/s1. The zero-order chi connectivity index (χ0) is 26.1. The second-order valence-corrected chi connectivity index (χ2v) is 7.87. The van der Waals surface area contributed by atoms with Crippen molar-refractivity contribution in [2.45, 2.75) is 30.7 Å². The highest BCUT2D eigenvalue weighted by molar-refractivity contribution is 5.89. The molecule has 1 aromatic heterocycles.